The van der Waals surface area contributed by atoms with E-state index in [1.807, 2.05) is 18.2 Å². The number of fused-ring (bicyclic) bond motifs is 6. The molecule has 0 amide bonds. The SMILES string of the molecule is c1ccc(-c2nc(-c3cccc4ccccc34)nc(-c3c(-c4ccccc4)cc(-n4c5ccccc5c5cc6ccccc6cc54)c4ccccc34)n2)cc1. The van der Waals surface area contributed by atoms with Crippen LogP contribution in [0, 0.1) is 0 Å². The molecule has 0 saturated heterocycles. The third-order valence-electron chi connectivity index (χ3n) is 10.8. The highest BCUT2D eigenvalue weighted by Crippen LogP contribution is 2.44. The Morgan fingerprint density at radius 2 is 0.873 bits per heavy atom. The van der Waals surface area contributed by atoms with Gasteiger partial charge >= 0.3 is 0 Å². The van der Waals surface area contributed by atoms with E-state index in [4.69, 9.17) is 15.0 Å². The summed E-state index contributed by atoms with van der Waals surface area (Å²) >= 11 is 0. The zero-order chi connectivity index (χ0) is 36.3. The molecule has 0 unspecified atom stereocenters. The molecule has 0 bridgehead atoms. The summed E-state index contributed by atoms with van der Waals surface area (Å²) in [5.74, 6) is 1.91. The highest BCUT2D eigenvalue weighted by Gasteiger charge is 2.23. The van der Waals surface area contributed by atoms with E-state index in [1.165, 1.54) is 27.1 Å². The maximum atomic E-state index is 5.38. The van der Waals surface area contributed by atoms with Gasteiger partial charge < -0.3 is 4.57 Å². The highest BCUT2D eigenvalue weighted by atomic mass is 15.0. The summed E-state index contributed by atoms with van der Waals surface area (Å²) < 4.78 is 2.44. The molecule has 256 valence electrons. The molecule has 4 heteroatoms. The van der Waals surface area contributed by atoms with E-state index in [0.717, 1.165) is 60.6 Å². The number of rotatable bonds is 5. The van der Waals surface area contributed by atoms with Crippen molar-refractivity contribution in [3.05, 3.63) is 194 Å². The summed E-state index contributed by atoms with van der Waals surface area (Å²) in [4.78, 5) is 15.9. The molecule has 2 aromatic heterocycles. The minimum absolute atomic E-state index is 0.631. The van der Waals surface area contributed by atoms with Gasteiger partial charge in [0.15, 0.2) is 17.5 Å². The number of nitrogens with zero attached hydrogens (tertiary/aromatic N) is 4. The molecular weight excluding hydrogens is 669 g/mol. The van der Waals surface area contributed by atoms with Gasteiger partial charge in [-0.2, -0.15) is 0 Å². The van der Waals surface area contributed by atoms with E-state index >= 15 is 0 Å². The van der Waals surface area contributed by atoms with E-state index in [9.17, 15) is 0 Å². The van der Waals surface area contributed by atoms with E-state index in [2.05, 4.69) is 180 Å². The Kier molecular flexibility index (Phi) is 7.14. The highest BCUT2D eigenvalue weighted by molar-refractivity contribution is 6.16. The monoisotopic (exact) mass is 700 g/mol. The molecule has 0 fully saturated rings. The fourth-order valence-electron chi connectivity index (χ4n) is 8.29. The maximum absolute atomic E-state index is 5.38. The Balaban J connectivity index is 1.26. The summed E-state index contributed by atoms with van der Waals surface area (Å²) in [6, 6.07) is 68.7. The number of hydrogen-bond donors (Lipinski definition) is 0. The predicted molar refractivity (Wildman–Crippen MR) is 228 cm³/mol. The van der Waals surface area contributed by atoms with Crippen LogP contribution in [0.4, 0.5) is 0 Å². The summed E-state index contributed by atoms with van der Waals surface area (Å²) in [6.45, 7) is 0. The molecule has 0 aliphatic heterocycles. The third kappa shape index (κ3) is 5.11. The second-order valence-corrected chi connectivity index (χ2v) is 14.0. The Bertz CT molecular complexity index is 3250. The van der Waals surface area contributed by atoms with Crippen LogP contribution in [0.15, 0.2) is 194 Å². The van der Waals surface area contributed by atoms with Crippen molar-refractivity contribution in [2.45, 2.75) is 0 Å². The molecule has 9 aromatic carbocycles. The Hall–Kier alpha value is -7.43. The van der Waals surface area contributed by atoms with Gasteiger partial charge in [0.1, 0.15) is 0 Å². The van der Waals surface area contributed by atoms with Crippen LogP contribution in [0.2, 0.25) is 0 Å². The molecular formula is C51H32N4. The van der Waals surface area contributed by atoms with Crippen LogP contribution in [-0.4, -0.2) is 19.5 Å². The van der Waals surface area contributed by atoms with E-state index in [-0.39, 0.29) is 0 Å². The molecule has 0 aliphatic rings. The topological polar surface area (TPSA) is 43.6 Å². The van der Waals surface area contributed by atoms with Gasteiger partial charge in [0.2, 0.25) is 0 Å². The molecule has 0 saturated carbocycles. The smallest absolute Gasteiger partial charge is 0.165 e. The number of benzene rings is 9. The number of aromatic nitrogens is 4. The molecule has 0 aliphatic carbocycles. The standard InChI is InChI=1S/C51H32N4/c1-3-16-34(17-4-1)43-32-47(55-45-29-14-13-26-40(45)44-30-36-21-7-8-22-37(36)31-46(44)55)39-25-11-12-27-41(39)48(43)51-53-49(35-19-5-2-6-20-35)52-50(54-51)42-28-15-23-33-18-9-10-24-38(33)42/h1-32H. The summed E-state index contributed by atoms with van der Waals surface area (Å²) in [7, 11) is 0. The van der Waals surface area contributed by atoms with Gasteiger partial charge in [-0.15, -0.1) is 0 Å². The van der Waals surface area contributed by atoms with Crippen molar-refractivity contribution in [2.24, 2.45) is 0 Å². The average Bonchev–Trinajstić information content (AvgIpc) is 3.58. The predicted octanol–water partition coefficient (Wildman–Crippen LogP) is 13.1. The van der Waals surface area contributed by atoms with Gasteiger partial charge in [0, 0.05) is 32.8 Å². The Morgan fingerprint density at radius 1 is 0.309 bits per heavy atom. The molecule has 0 spiro atoms. The fourth-order valence-corrected chi connectivity index (χ4v) is 8.29. The normalized spacial score (nSPS) is 11.6. The minimum atomic E-state index is 0.631. The van der Waals surface area contributed by atoms with Gasteiger partial charge in [-0.1, -0.05) is 170 Å². The number of hydrogen-bond acceptors (Lipinski definition) is 3. The zero-order valence-corrected chi connectivity index (χ0v) is 29.8. The molecule has 0 radical (unpaired) electrons. The van der Waals surface area contributed by atoms with Gasteiger partial charge in [0.05, 0.1) is 16.7 Å². The van der Waals surface area contributed by atoms with Crippen molar-refractivity contribution in [1.29, 1.82) is 0 Å². The van der Waals surface area contributed by atoms with Gasteiger partial charge in [-0.05, 0) is 62.3 Å². The molecule has 11 aromatic rings. The number of para-hydroxylation sites is 1. The second-order valence-electron chi connectivity index (χ2n) is 14.0. The molecule has 0 atom stereocenters. The summed E-state index contributed by atoms with van der Waals surface area (Å²) in [5.41, 5.74) is 8.45. The molecule has 55 heavy (non-hydrogen) atoms. The van der Waals surface area contributed by atoms with Crippen LogP contribution in [0.25, 0.3) is 105 Å². The summed E-state index contributed by atoms with van der Waals surface area (Å²) in [6.07, 6.45) is 0. The van der Waals surface area contributed by atoms with E-state index in [1.54, 1.807) is 0 Å². The van der Waals surface area contributed by atoms with E-state index < -0.39 is 0 Å². The zero-order valence-electron chi connectivity index (χ0n) is 29.8. The lowest BCUT2D eigenvalue weighted by Crippen LogP contribution is -2.04. The van der Waals surface area contributed by atoms with Crippen molar-refractivity contribution >= 4 is 54.1 Å². The third-order valence-corrected chi connectivity index (χ3v) is 10.8. The molecule has 0 N–H and O–H groups in total. The molecule has 2 heterocycles. The first-order valence-electron chi connectivity index (χ1n) is 18.6. The van der Waals surface area contributed by atoms with Crippen molar-refractivity contribution < 1.29 is 0 Å². The lowest BCUT2D eigenvalue weighted by Gasteiger charge is -2.19. The first-order chi connectivity index (χ1) is 27.3. The second kappa shape index (κ2) is 12.6. The van der Waals surface area contributed by atoms with E-state index in [0.29, 0.717) is 17.5 Å². The van der Waals surface area contributed by atoms with Crippen LogP contribution in [0.5, 0.6) is 0 Å². The van der Waals surface area contributed by atoms with Crippen LogP contribution in [0.3, 0.4) is 0 Å². The minimum Gasteiger partial charge on any atom is -0.309 e. The quantitative estimate of drug-likeness (QED) is 0.179. The van der Waals surface area contributed by atoms with Crippen molar-refractivity contribution in [2.75, 3.05) is 0 Å². The van der Waals surface area contributed by atoms with Crippen LogP contribution < -0.4 is 0 Å². The first-order valence-corrected chi connectivity index (χ1v) is 18.6. The first kappa shape index (κ1) is 31.1. The van der Waals surface area contributed by atoms with Crippen LogP contribution in [-0.2, 0) is 0 Å². The van der Waals surface area contributed by atoms with Gasteiger partial charge in [-0.25, -0.2) is 15.0 Å². The van der Waals surface area contributed by atoms with Gasteiger partial charge in [0.25, 0.3) is 0 Å². The van der Waals surface area contributed by atoms with Crippen LogP contribution >= 0.6 is 0 Å². The average molecular weight is 701 g/mol. The Labute approximate surface area is 317 Å². The maximum Gasteiger partial charge on any atom is 0.165 e. The van der Waals surface area contributed by atoms with Crippen molar-refractivity contribution in [3.8, 4) is 51.0 Å². The fraction of sp³-hybridized carbons (Fsp3) is 0. The van der Waals surface area contributed by atoms with Crippen molar-refractivity contribution in [3.63, 3.8) is 0 Å². The lowest BCUT2D eigenvalue weighted by atomic mass is 9.92. The molecule has 11 rings (SSSR count). The van der Waals surface area contributed by atoms with Crippen molar-refractivity contribution in [1.82, 2.24) is 19.5 Å². The van der Waals surface area contributed by atoms with Crippen LogP contribution in [0.1, 0.15) is 0 Å². The lowest BCUT2D eigenvalue weighted by molar-refractivity contribution is 1.08. The summed E-state index contributed by atoms with van der Waals surface area (Å²) in [5, 5.41) is 9.32. The largest absolute Gasteiger partial charge is 0.309 e. The van der Waals surface area contributed by atoms with Gasteiger partial charge in [-0.3, -0.25) is 0 Å². The Morgan fingerprint density at radius 3 is 1.65 bits per heavy atom. The molecule has 4 nitrogen and oxygen atoms in total.